The lowest BCUT2D eigenvalue weighted by atomic mass is 9.99. The topological polar surface area (TPSA) is 57.3 Å². The molecule has 2 aliphatic rings. The van der Waals surface area contributed by atoms with Crippen molar-refractivity contribution in [2.24, 2.45) is 5.92 Å². The number of nitrogens with zero attached hydrogens (tertiary/aromatic N) is 2. The van der Waals surface area contributed by atoms with E-state index >= 15 is 0 Å². The Bertz CT molecular complexity index is 438. The maximum absolute atomic E-state index is 11.9. The molecular weight excluding hydrogens is 252 g/mol. The summed E-state index contributed by atoms with van der Waals surface area (Å²) in [7, 11) is 0. The van der Waals surface area contributed by atoms with Gasteiger partial charge in [0.15, 0.2) is 0 Å². The Morgan fingerprint density at radius 2 is 2.00 bits per heavy atom. The van der Waals surface area contributed by atoms with E-state index in [9.17, 15) is 4.79 Å². The number of aromatic nitrogens is 1. The first-order valence-corrected chi connectivity index (χ1v) is 7.43. The fraction of sp³-hybridized carbons (Fsp3) is 0.600. The summed E-state index contributed by atoms with van der Waals surface area (Å²) in [6.45, 7) is 4.77. The van der Waals surface area contributed by atoms with Crippen LogP contribution in [-0.4, -0.2) is 48.0 Å². The third-order valence-corrected chi connectivity index (χ3v) is 4.24. The zero-order chi connectivity index (χ0) is 13.8. The number of amides is 1. The van der Waals surface area contributed by atoms with Gasteiger partial charge in [0.05, 0.1) is 5.92 Å². The van der Waals surface area contributed by atoms with Gasteiger partial charge in [-0.1, -0.05) is 0 Å². The summed E-state index contributed by atoms with van der Waals surface area (Å²) >= 11 is 0. The highest BCUT2D eigenvalue weighted by molar-refractivity contribution is 5.80. The van der Waals surface area contributed by atoms with Gasteiger partial charge >= 0.3 is 0 Å². The Kier molecular flexibility index (Phi) is 4.28. The number of carbonyl (C=O) groups is 1. The van der Waals surface area contributed by atoms with Crippen molar-refractivity contribution in [2.45, 2.75) is 25.4 Å². The second-order valence-electron chi connectivity index (χ2n) is 5.77. The summed E-state index contributed by atoms with van der Waals surface area (Å²) in [5.74, 6) is 0.432. The third kappa shape index (κ3) is 3.35. The van der Waals surface area contributed by atoms with Crippen molar-refractivity contribution in [1.82, 2.24) is 20.5 Å². The molecule has 5 nitrogen and oxygen atoms in total. The predicted octanol–water partition coefficient (Wildman–Crippen LogP) is 0.382. The second-order valence-corrected chi connectivity index (χ2v) is 5.77. The van der Waals surface area contributed by atoms with Crippen molar-refractivity contribution in [3.63, 3.8) is 0 Å². The first-order chi connectivity index (χ1) is 9.81. The lowest BCUT2D eigenvalue weighted by Gasteiger charge is -2.34. The van der Waals surface area contributed by atoms with Crippen LogP contribution in [0.2, 0.25) is 0 Å². The molecule has 108 valence electrons. The Hall–Kier alpha value is -1.46. The molecule has 20 heavy (non-hydrogen) atoms. The molecule has 0 aromatic carbocycles. The summed E-state index contributed by atoms with van der Waals surface area (Å²) in [5.41, 5.74) is 1.31. The van der Waals surface area contributed by atoms with Crippen LogP contribution >= 0.6 is 0 Å². The van der Waals surface area contributed by atoms with Gasteiger partial charge in [-0.25, -0.2) is 0 Å². The number of piperidine rings is 1. The minimum atomic E-state index is 0.199. The quantitative estimate of drug-likeness (QED) is 0.833. The zero-order valence-corrected chi connectivity index (χ0v) is 11.7. The fourth-order valence-electron chi connectivity index (χ4n) is 2.77. The highest BCUT2D eigenvalue weighted by Gasteiger charge is 2.28. The highest BCUT2D eigenvalue weighted by Crippen LogP contribution is 2.14. The molecule has 2 saturated heterocycles. The summed E-state index contributed by atoms with van der Waals surface area (Å²) in [6.07, 6.45) is 5.79. The Labute approximate surface area is 119 Å². The zero-order valence-electron chi connectivity index (χ0n) is 11.7. The molecule has 0 aliphatic carbocycles. The molecule has 0 saturated carbocycles. The molecule has 2 fully saturated rings. The van der Waals surface area contributed by atoms with Gasteiger partial charge in [0, 0.05) is 51.2 Å². The Morgan fingerprint density at radius 3 is 2.60 bits per heavy atom. The molecule has 0 unspecified atom stereocenters. The van der Waals surface area contributed by atoms with Crippen molar-refractivity contribution in [3.05, 3.63) is 30.1 Å². The van der Waals surface area contributed by atoms with E-state index in [2.05, 4.69) is 32.7 Å². The number of pyridine rings is 1. The van der Waals surface area contributed by atoms with Crippen LogP contribution in [0.1, 0.15) is 18.4 Å². The van der Waals surface area contributed by atoms with E-state index in [1.165, 1.54) is 5.56 Å². The van der Waals surface area contributed by atoms with E-state index in [0.717, 1.165) is 45.6 Å². The van der Waals surface area contributed by atoms with Gasteiger partial charge in [0.25, 0.3) is 0 Å². The van der Waals surface area contributed by atoms with Gasteiger partial charge in [-0.15, -0.1) is 0 Å². The molecule has 3 heterocycles. The van der Waals surface area contributed by atoms with Crippen molar-refractivity contribution in [1.29, 1.82) is 0 Å². The SMILES string of the molecule is O=C(NC1CCN(Cc2ccncc2)CC1)C1CNC1. The largest absolute Gasteiger partial charge is 0.353 e. The van der Waals surface area contributed by atoms with Gasteiger partial charge < -0.3 is 10.6 Å². The molecule has 1 aromatic rings. The van der Waals surface area contributed by atoms with E-state index < -0.39 is 0 Å². The third-order valence-electron chi connectivity index (χ3n) is 4.24. The fourth-order valence-corrected chi connectivity index (χ4v) is 2.77. The predicted molar refractivity (Wildman–Crippen MR) is 77.0 cm³/mol. The van der Waals surface area contributed by atoms with Gasteiger partial charge in [-0.2, -0.15) is 0 Å². The molecule has 0 bridgehead atoms. The Balaban J connectivity index is 1.41. The van der Waals surface area contributed by atoms with Crippen molar-refractivity contribution in [3.8, 4) is 0 Å². The molecule has 0 radical (unpaired) electrons. The molecular formula is C15H22N4O. The van der Waals surface area contributed by atoms with Crippen LogP contribution in [0.5, 0.6) is 0 Å². The highest BCUT2D eigenvalue weighted by atomic mass is 16.2. The van der Waals surface area contributed by atoms with Gasteiger partial charge in [-0.3, -0.25) is 14.7 Å². The van der Waals surface area contributed by atoms with Crippen LogP contribution in [0.15, 0.2) is 24.5 Å². The summed E-state index contributed by atoms with van der Waals surface area (Å²) in [6, 6.07) is 4.49. The van der Waals surface area contributed by atoms with Crippen LogP contribution in [0.25, 0.3) is 0 Å². The molecule has 2 aliphatic heterocycles. The van der Waals surface area contributed by atoms with E-state index in [-0.39, 0.29) is 11.8 Å². The maximum atomic E-state index is 11.9. The first-order valence-electron chi connectivity index (χ1n) is 7.43. The maximum Gasteiger partial charge on any atom is 0.225 e. The number of nitrogens with one attached hydrogen (secondary N) is 2. The molecule has 0 atom stereocenters. The van der Waals surface area contributed by atoms with Crippen LogP contribution in [0.4, 0.5) is 0 Å². The summed E-state index contributed by atoms with van der Waals surface area (Å²) in [5, 5.41) is 6.33. The van der Waals surface area contributed by atoms with Crippen molar-refractivity contribution in [2.75, 3.05) is 26.2 Å². The monoisotopic (exact) mass is 274 g/mol. The van der Waals surface area contributed by atoms with E-state index in [1.807, 2.05) is 12.4 Å². The Morgan fingerprint density at radius 1 is 1.30 bits per heavy atom. The standard InChI is InChI=1S/C15H22N4O/c20-15(13-9-17-10-13)18-14-3-7-19(8-4-14)11-12-1-5-16-6-2-12/h1-2,5-6,13-14,17H,3-4,7-11H2,(H,18,20). The molecule has 1 amide bonds. The van der Waals surface area contributed by atoms with E-state index in [4.69, 9.17) is 0 Å². The van der Waals surface area contributed by atoms with Gasteiger partial charge in [0.1, 0.15) is 0 Å². The van der Waals surface area contributed by atoms with Crippen LogP contribution in [-0.2, 0) is 11.3 Å². The molecule has 2 N–H and O–H groups in total. The van der Waals surface area contributed by atoms with Crippen molar-refractivity contribution < 1.29 is 4.79 Å². The van der Waals surface area contributed by atoms with Gasteiger partial charge in [0.2, 0.25) is 5.91 Å². The number of likely N-dealkylation sites (tertiary alicyclic amines) is 1. The number of carbonyl (C=O) groups excluding carboxylic acids is 1. The van der Waals surface area contributed by atoms with Crippen LogP contribution in [0.3, 0.4) is 0 Å². The minimum absolute atomic E-state index is 0.199. The second kappa shape index (κ2) is 6.33. The van der Waals surface area contributed by atoms with Crippen molar-refractivity contribution >= 4 is 5.91 Å². The summed E-state index contributed by atoms with van der Waals surface area (Å²) in [4.78, 5) is 18.4. The summed E-state index contributed by atoms with van der Waals surface area (Å²) < 4.78 is 0. The van der Waals surface area contributed by atoms with Gasteiger partial charge in [-0.05, 0) is 30.5 Å². The number of hydrogen-bond acceptors (Lipinski definition) is 4. The number of hydrogen-bond donors (Lipinski definition) is 2. The molecule has 5 heteroatoms. The molecule has 3 rings (SSSR count). The normalized spacial score (nSPS) is 21.4. The lowest BCUT2D eigenvalue weighted by Crippen LogP contribution is -2.54. The first kappa shape index (κ1) is 13.5. The lowest BCUT2D eigenvalue weighted by molar-refractivity contribution is -0.127. The number of rotatable bonds is 4. The van der Waals surface area contributed by atoms with E-state index in [0.29, 0.717) is 6.04 Å². The van der Waals surface area contributed by atoms with Crippen LogP contribution in [0, 0.1) is 5.92 Å². The minimum Gasteiger partial charge on any atom is -0.353 e. The van der Waals surface area contributed by atoms with E-state index in [1.54, 1.807) is 0 Å². The van der Waals surface area contributed by atoms with Crippen LogP contribution < -0.4 is 10.6 Å². The molecule has 1 aromatic heterocycles. The average molecular weight is 274 g/mol. The average Bonchev–Trinajstić information content (AvgIpc) is 2.40. The molecule has 0 spiro atoms. The smallest absolute Gasteiger partial charge is 0.225 e.